The Morgan fingerprint density at radius 3 is 2.36 bits per heavy atom. The number of aliphatic carboxylic acids is 1. The van der Waals surface area contributed by atoms with Crippen LogP contribution in [0.4, 0.5) is 0 Å². The van der Waals surface area contributed by atoms with Gasteiger partial charge in [-0.05, 0) is 61.6 Å². The van der Waals surface area contributed by atoms with Gasteiger partial charge in [-0.25, -0.2) is 13.1 Å². The molecule has 1 aliphatic rings. The summed E-state index contributed by atoms with van der Waals surface area (Å²) in [6.45, 7) is 7.22. The predicted molar refractivity (Wildman–Crippen MR) is 156 cm³/mol. The van der Waals surface area contributed by atoms with Crippen molar-refractivity contribution in [2.75, 3.05) is 6.54 Å². The number of nitrogens with zero attached hydrogens (tertiary/aromatic N) is 1. The van der Waals surface area contributed by atoms with Crippen molar-refractivity contribution in [1.29, 1.82) is 0 Å². The maximum absolute atomic E-state index is 14.3. The van der Waals surface area contributed by atoms with Crippen LogP contribution >= 0.6 is 23.2 Å². The fourth-order valence-electron chi connectivity index (χ4n) is 5.64. The second kappa shape index (κ2) is 13.0. The molecule has 1 fully saturated rings. The van der Waals surface area contributed by atoms with E-state index in [-0.39, 0.29) is 31.2 Å². The van der Waals surface area contributed by atoms with E-state index in [1.807, 2.05) is 44.2 Å². The van der Waals surface area contributed by atoms with Gasteiger partial charge in [-0.1, -0.05) is 74.7 Å². The molecule has 0 saturated carbocycles. The lowest BCUT2D eigenvalue weighted by Crippen LogP contribution is -2.58. The van der Waals surface area contributed by atoms with E-state index in [4.69, 9.17) is 23.2 Å². The van der Waals surface area contributed by atoms with Gasteiger partial charge in [-0.3, -0.25) is 9.59 Å². The van der Waals surface area contributed by atoms with Crippen LogP contribution in [0.5, 0.6) is 0 Å². The molecule has 0 aliphatic carbocycles. The molecule has 1 heterocycles. The summed E-state index contributed by atoms with van der Waals surface area (Å²) in [5.74, 6) is -1.67. The molecule has 1 amide bonds. The molecule has 10 heteroatoms. The highest BCUT2D eigenvalue weighted by atomic mass is 35.5. The summed E-state index contributed by atoms with van der Waals surface area (Å²) in [4.78, 5) is 27.9. The third kappa shape index (κ3) is 7.34. The molecule has 3 rings (SSSR count). The summed E-state index contributed by atoms with van der Waals surface area (Å²) in [7, 11) is -3.61. The van der Waals surface area contributed by atoms with Crippen molar-refractivity contribution >= 4 is 45.1 Å². The first kappa shape index (κ1) is 31.4. The van der Waals surface area contributed by atoms with Crippen LogP contribution in [0.3, 0.4) is 0 Å². The Bertz CT molecular complexity index is 1270. The number of hydrogen-bond acceptors (Lipinski definition) is 4. The number of halogens is 2. The minimum atomic E-state index is -3.61. The van der Waals surface area contributed by atoms with Crippen LogP contribution in [-0.4, -0.2) is 48.1 Å². The van der Waals surface area contributed by atoms with E-state index in [1.54, 1.807) is 36.9 Å². The van der Waals surface area contributed by atoms with Gasteiger partial charge in [0, 0.05) is 28.5 Å². The van der Waals surface area contributed by atoms with Gasteiger partial charge in [0.25, 0.3) is 0 Å². The summed E-state index contributed by atoms with van der Waals surface area (Å²) >= 11 is 12.6. The number of likely N-dealkylation sites (tertiary alicyclic amines) is 1. The zero-order chi connectivity index (χ0) is 29.0. The monoisotopic (exact) mass is 596 g/mol. The number of carbonyl (C=O) groups is 2. The third-order valence-electron chi connectivity index (χ3n) is 7.74. The number of carboxylic acid groups (broad SMARTS) is 1. The van der Waals surface area contributed by atoms with Crippen molar-refractivity contribution < 1.29 is 23.1 Å². The molecule has 0 radical (unpaired) electrons. The van der Waals surface area contributed by atoms with E-state index in [9.17, 15) is 23.1 Å². The molecule has 2 N–H and O–H groups in total. The van der Waals surface area contributed by atoms with Crippen LogP contribution in [0.1, 0.15) is 82.9 Å². The van der Waals surface area contributed by atoms with Crippen molar-refractivity contribution in [3.05, 3.63) is 69.7 Å². The van der Waals surface area contributed by atoms with E-state index < -0.39 is 38.7 Å². The summed E-state index contributed by atoms with van der Waals surface area (Å²) in [6, 6.07) is 13.6. The molecule has 2 aromatic carbocycles. The lowest BCUT2D eigenvalue weighted by molar-refractivity contribution is -0.160. The molecule has 0 aromatic heterocycles. The Hall–Kier alpha value is -2.13. The predicted octanol–water partition coefficient (Wildman–Crippen LogP) is 6.42. The zero-order valence-electron chi connectivity index (χ0n) is 22.9. The van der Waals surface area contributed by atoms with Gasteiger partial charge in [0.2, 0.25) is 15.9 Å². The molecule has 39 heavy (non-hydrogen) atoms. The highest BCUT2D eigenvalue weighted by molar-refractivity contribution is 7.90. The van der Waals surface area contributed by atoms with Gasteiger partial charge < -0.3 is 10.0 Å². The molecule has 0 spiro atoms. The first-order valence-electron chi connectivity index (χ1n) is 13.4. The molecular weight excluding hydrogens is 559 g/mol. The SMILES string of the molecule is CCCC(C)S(=O)(=O)NCC(CC)N1C(=O)C(C)(CC(=O)O)CC(c2cccc(Cl)c2)C1c1ccc(Cl)cc1. The topological polar surface area (TPSA) is 104 Å². The fourth-order valence-corrected chi connectivity index (χ4v) is 7.22. The van der Waals surface area contributed by atoms with E-state index in [0.29, 0.717) is 22.9 Å². The molecular formula is C29H38Cl2N2O5S. The summed E-state index contributed by atoms with van der Waals surface area (Å²) in [5.41, 5.74) is 0.503. The lowest BCUT2D eigenvalue weighted by atomic mass is 9.67. The van der Waals surface area contributed by atoms with Gasteiger partial charge in [-0.15, -0.1) is 0 Å². The molecule has 1 aliphatic heterocycles. The number of rotatable bonds is 12. The van der Waals surface area contributed by atoms with Crippen LogP contribution in [-0.2, 0) is 19.6 Å². The van der Waals surface area contributed by atoms with Crippen LogP contribution < -0.4 is 4.72 Å². The number of hydrogen-bond donors (Lipinski definition) is 2. The van der Waals surface area contributed by atoms with Crippen molar-refractivity contribution in [3.63, 3.8) is 0 Å². The van der Waals surface area contributed by atoms with Crippen molar-refractivity contribution in [1.82, 2.24) is 9.62 Å². The van der Waals surface area contributed by atoms with Gasteiger partial charge in [0.05, 0.1) is 23.1 Å². The largest absolute Gasteiger partial charge is 0.481 e. The Labute approximate surface area is 241 Å². The number of carbonyl (C=O) groups excluding carboxylic acids is 1. The molecule has 5 atom stereocenters. The molecule has 2 aromatic rings. The zero-order valence-corrected chi connectivity index (χ0v) is 25.2. The van der Waals surface area contributed by atoms with Crippen LogP contribution in [0.2, 0.25) is 10.0 Å². The average molecular weight is 598 g/mol. The molecule has 5 unspecified atom stereocenters. The number of sulfonamides is 1. The summed E-state index contributed by atoms with van der Waals surface area (Å²) in [5, 5.41) is 10.3. The van der Waals surface area contributed by atoms with Gasteiger partial charge in [0.1, 0.15) is 0 Å². The van der Waals surface area contributed by atoms with Crippen molar-refractivity contribution in [2.24, 2.45) is 5.41 Å². The molecule has 1 saturated heterocycles. The van der Waals surface area contributed by atoms with E-state index >= 15 is 0 Å². The smallest absolute Gasteiger partial charge is 0.304 e. The maximum Gasteiger partial charge on any atom is 0.304 e. The highest BCUT2D eigenvalue weighted by Gasteiger charge is 2.52. The number of piperidine rings is 1. The van der Waals surface area contributed by atoms with E-state index in [2.05, 4.69) is 4.72 Å². The van der Waals surface area contributed by atoms with E-state index in [0.717, 1.165) is 17.5 Å². The fraction of sp³-hybridized carbons (Fsp3) is 0.517. The second-order valence-electron chi connectivity index (χ2n) is 10.8. The van der Waals surface area contributed by atoms with Gasteiger partial charge in [0.15, 0.2) is 0 Å². The van der Waals surface area contributed by atoms with Crippen LogP contribution in [0.15, 0.2) is 48.5 Å². The van der Waals surface area contributed by atoms with Crippen LogP contribution in [0, 0.1) is 5.41 Å². The number of benzene rings is 2. The third-order valence-corrected chi connectivity index (χ3v) is 10.1. The molecule has 0 bridgehead atoms. The second-order valence-corrected chi connectivity index (χ2v) is 13.8. The summed E-state index contributed by atoms with van der Waals surface area (Å²) < 4.78 is 28.7. The number of carboxylic acids is 1. The standard InChI is InChI=1S/C29H38Cl2N2O5S/c1-5-8-19(3)39(37,38)32-18-24(6-2)33-27(20-11-13-22(30)14-12-20)25(21-9-7-10-23(31)15-21)16-29(4,28(33)36)17-26(34)35/h7,9-15,19,24-25,27,32H,5-6,8,16-18H2,1-4H3,(H,34,35). The quantitative estimate of drug-likeness (QED) is 0.294. The molecule has 214 valence electrons. The Morgan fingerprint density at radius 1 is 1.13 bits per heavy atom. The Morgan fingerprint density at radius 2 is 1.79 bits per heavy atom. The first-order chi connectivity index (χ1) is 18.3. The first-order valence-corrected chi connectivity index (χ1v) is 15.7. The van der Waals surface area contributed by atoms with Gasteiger partial charge in [-0.2, -0.15) is 0 Å². The average Bonchev–Trinajstić information content (AvgIpc) is 2.87. The Balaban J connectivity index is 2.16. The highest BCUT2D eigenvalue weighted by Crippen LogP contribution is 2.52. The van der Waals surface area contributed by atoms with Gasteiger partial charge >= 0.3 is 5.97 Å². The van der Waals surface area contributed by atoms with Crippen molar-refractivity contribution in [2.45, 2.75) is 83.1 Å². The summed E-state index contributed by atoms with van der Waals surface area (Å²) in [6.07, 6.45) is 1.67. The molecule has 7 nitrogen and oxygen atoms in total. The number of amides is 1. The number of nitrogens with one attached hydrogen (secondary N) is 1. The van der Waals surface area contributed by atoms with Crippen LogP contribution in [0.25, 0.3) is 0 Å². The normalized spacial score (nSPS) is 23.4. The minimum absolute atomic E-state index is 0.0220. The minimum Gasteiger partial charge on any atom is -0.481 e. The van der Waals surface area contributed by atoms with E-state index in [1.165, 1.54) is 0 Å². The van der Waals surface area contributed by atoms with Crippen molar-refractivity contribution in [3.8, 4) is 0 Å². The maximum atomic E-state index is 14.3. The Kier molecular flexibility index (Phi) is 10.5. The lowest BCUT2D eigenvalue weighted by Gasteiger charge is -2.52.